The second kappa shape index (κ2) is 10.00. The van der Waals surface area contributed by atoms with Gasteiger partial charge >= 0.3 is 0 Å². The molecular weight excluding hydrogens is 313 g/mol. The zero-order valence-corrected chi connectivity index (χ0v) is 14.3. The third-order valence-corrected chi connectivity index (χ3v) is 3.57. The van der Waals surface area contributed by atoms with Gasteiger partial charge in [-0.2, -0.15) is 0 Å². The molecule has 6 nitrogen and oxygen atoms in total. The molecule has 2 rings (SSSR count). The van der Waals surface area contributed by atoms with Gasteiger partial charge < -0.3 is 20.3 Å². The van der Waals surface area contributed by atoms with Crippen molar-refractivity contribution in [1.29, 1.82) is 0 Å². The van der Waals surface area contributed by atoms with Crippen molar-refractivity contribution in [2.24, 2.45) is 0 Å². The molecule has 1 aliphatic heterocycles. The first-order valence-corrected chi connectivity index (χ1v) is 6.77. The lowest BCUT2D eigenvalue weighted by Gasteiger charge is -2.32. The van der Waals surface area contributed by atoms with Gasteiger partial charge in [-0.1, -0.05) is 0 Å². The van der Waals surface area contributed by atoms with Gasteiger partial charge in [0.1, 0.15) is 18.0 Å². The van der Waals surface area contributed by atoms with Crippen LogP contribution in [-0.4, -0.2) is 55.9 Å². The van der Waals surface area contributed by atoms with Crippen LogP contribution in [0, 0.1) is 0 Å². The number of halogens is 2. The molecule has 0 aliphatic carbocycles. The smallest absolute Gasteiger partial charge is 0.133 e. The second-order valence-electron chi connectivity index (χ2n) is 4.79. The molecule has 0 spiro atoms. The van der Waals surface area contributed by atoms with E-state index in [-0.39, 0.29) is 37.0 Å². The van der Waals surface area contributed by atoms with E-state index in [1.165, 1.54) is 0 Å². The van der Waals surface area contributed by atoms with Crippen LogP contribution in [0.5, 0.6) is 0 Å². The quantitative estimate of drug-likeness (QED) is 0.850. The molecule has 2 atom stereocenters. The Morgan fingerprint density at radius 1 is 1.43 bits per heavy atom. The Hall–Kier alpha value is -0.820. The van der Waals surface area contributed by atoms with Gasteiger partial charge in [-0.05, 0) is 19.9 Å². The SMILES string of the molecule is CCN(C)c1cc(N[C@H]2CNCC[C@H]2OC)ncn1.Cl.Cl. The van der Waals surface area contributed by atoms with E-state index >= 15 is 0 Å². The van der Waals surface area contributed by atoms with E-state index in [9.17, 15) is 0 Å². The van der Waals surface area contributed by atoms with Crippen LogP contribution < -0.4 is 15.5 Å². The fourth-order valence-electron chi connectivity index (χ4n) is 2.25. The number of anilines is 2. The Morgan fingerprint density at radius 2 is 2.19 bits per heavy atom. The fourth-order valence-corrected chi connectivity index (χ4v) is 2.25. The first kappa shape index (κ1) is 20.2. The van der Waals surface area contributed by atoms with Crippen molar-refractivity contribution in [3.05, 3.63) is 12.4 Å². The highest BCUT2D eigenvalue weighted by Crippen LogP contribution is 2.16. The van der Waals surface area contributed by atoms with E-state index in [4.69, 9.17) is 4.74 Å². The number of ether oxygens (including phenoxy) is 1. The average molecular weight is 338 g/mol. The van der Waals surface area contributed by atoms with Gasteiger partial charge in [-0.3, -0.25) is 0 Å². The zero-order chi connectivity index (χ0) is 13.7. The number of nitrogens with one attached hydrogen (secondary N) is 2. The maximum Gasteiger partial charge on any atom is 0.133 e. The van der Waals surface area contributed by atoms with Gasteiger partial charge in [0.05, 0.1) is 12.1 Å². The van der Waals surface area contributed by atoms with E-state index in [1.54, 1.807) is 13.4 Å². The predicted molar refractivity (Wildman–Crippen MR) is 91.2 cm³/mol. The molecule has 0 aromatic carbocycles. The number of aromatic nitrogens is 2. The molecule has 0 unspecified atom stereocenters. The summed E-state index contributed by atoms with van der Waals surface area (Å²) in [5.74, 6) is 1.78. The van der Waals surface area contributed by atoms with Crippen LogP contribution in [0.15, 0.2) is 12.4 Å². The number of hydrogen-bond donors (Lipinski definition) is 2. The molecule has 2 N–H and O–H groups in total. The normalized spacial score (nSPS) is 20.9. The highest BCUT2D eigenvalue weighted by molar-refractivity contribution is 5.85. The van der Waals surface area contributed by atoms with Gasteiger partial charge in [-0.25, -0.2) is 9.97 Å². The molecule has 1 aliphatic rings. The van der Waals surface area contributed by atoms with Crippen LogP contribution in [0.4, 0.5) is 11.6 Å². The maximum atomic E-state index is 5.52. The van der Waals surface area contributed by atoms with Crippen molar-refractivity contribution in [3.63, 3.8) is 0 Å². The largest absolute Gasteiger partial charge is 0.379 e. The Bertz CT molecular complexity index is 410. The number of rotatable bonds is 5. The second-order valence-corrected chi connectivity index (χ2v) is 4.79. The summed E-state index contributed by atoms with van der Waals surface area (Å²) in [5.41, 5.74) is 0. The van der Waals surface area contributed by atoms with Gasteiger partial charge in [0.25, 0.3) is 0 Å². The first-order valence-electron chi connectivity index (χ1n) is 6.77. The van der Waals surface area contributed by atoms with Crippen molar-refractivity contribution in [2.75, 3.05) is 44.0 Å². The molecule has 0 radical (unpaired) electrons. The molecule has 0 bridgehead atoms. The molecule has 21 heavy (non-hydrogen) atoms. The fraction of sp³-hybridized carbons (Fsp3) is 0.692. The Morgan fingerprint density at radius 3 is 2.86 bits per heavy atom. The molecule has 1 fully saturated rings. The summed E-state index contributed by atoms with van der Waals surface area (Å²) in [6, 6.07) is 2.22. The third kappa shape index (κ3) is 5.47. The summed E-state index contributed by atoms with van der Waals surface area (Å²) in [6.45, 7) is 4.91. The lowest BCUT2D eigenvalue weighted by atomic mass is 10.0. The molecule has 2 heterocycles. The van der Waals surface area contributed by atoms with Gasteiger partial charge in [0.15, 0.2) is 0 Å². The summed E-state index contributed by atoms with van der Waals surface area (Å²) in [7, 11) is 3.78. The molecule has 1 aromatic rings. The minimum absolute atomic E-state index is 0. The van der Waals surface area contributed by atoms with Gasteiger partial charge in [0.2, 0.25) is 0 Å². The van der Waals surface area contributed by atoms with Crippen molar-refractivity contribution >= 4 is 36.4 Å². The van der Waals surface area contributed by atoms with E-state index in [0.29, 0.717) is 0 Å². The zero-order valence-electron chi connectivity index (χ0n) is 12.7. The summed E-state index contributed by atoms with van der Waals surface area (Å²) >= 11 is 0. The first-order chi connectivity index (χ1) is 9.24. The topological polar surface area (TPSA) is 62.3 Å². The van der Waals surface area contributed by atoms with E-state index < -0.39 is 0 Å². The molecule has 0 amide bonds. The van der Waals surface area contributed by atoms with Gasteiger partial charge in [-0.15, -0.1) is 24.8 Å². The minimum Gasteiger partial charge on any atom is -0.379 e. The lowest BCUT2D eigenvalue weighted by molar-refractivity contribution is 0.0664. The Balaban J connectivity index is 0.00000200. The van der Waals surface area contributed by atoms with Crippen LogP contribution in [0.25, 0.3) is 0 Å². The van der Waals surface area contributed by atoms with Crippen molar-refractivity contribution in [1.82, 2.24) is 15.3 Å². The molecule has 8 heteroatoms. The number of hydrogen-bond acceptors (Lipinski definition) is 6. The monoisotopic (exact) mass is 337 g/mol. The summed E-state index contributed by atoms with van der Waals surface area (Å²) in [4.78, 5) is 10.6. The highest BCUT2D eigenvalue weighted by atomic mass is 35.5. The highest BCUT2D eigenvalue weighted by Gasteiger charge is 2.24. The van der Waals surface area contributed by atoms with Crippen LogP contribution in [-0.2, 0) is 4.74 Å². The molecule has 1 aromatic heterocycles. The standard InChI is InChI=1S/C13H23N5O.2ClH/c1-4-18(2)13-7-12(15-9-16-13)17-10-8-14-6-5-11(10)19-3;;/h7,9-11,14H,4-6,8H2,1-3H3,(H,15,16,17);2*1H/t10-,11+;;/m0../s1. The van der Waals surface area contributed by atoms with Crippen LogP contribution in [0.3, 0.4) is 0 Å². The van der Waals surface area contributed by atoms with Crippen LogP contribution in [0.1, 0.15) is 13.3 Å². The summed E-state index contributed by atoms with van der Waals surface area (Å²) in [5, 5.41) is 6.81. The number of nitrogens with zero attached hydrogens (tertiary/aromatic N) is 3. The van der Waals surface area contributed by atoms with E-state index in [2.05, 4.69) is 32.4 Å². The van der Waals surface area contributed by atoms with Crippen molar-refractivity contribution < 1.29 is 4.74 Å². The van der Waals surface area contributed by atoms with Crippen LogP contribution in [0.2, 0.25) is 0 Å². The van der Waals surface area contributed by atoms with E-state index in [1.807, 2.05) is 13.1 Å². The van der Waals surface area contributed by atoms with Crippen LogP contribution >= 0.6 is 24.8 Å². The van der Waals surface area contributed by atoms with Crippen molar-refractivity contribution in [2.45, 2.75) is 25.5 Å². The minimum atomic E-state index is 0. The molecule has 122 valence electrons. The molecular formula is C13H25Cl2N5O. The Kier molecular flexibility index (Phi) is 9.61. The number of methoxy groups -OCH3 is 1. The lowest BCUT2D eigenvalue weighted by Crippen LogP contribution is -2.49. The summed E-state index contributed by atoms with van der Waals surface area (Å²) in [6.07, 6.45) is 2.84. The number of piperidine rings is 1. The van der Waals surface area contributed by atoms with Crippen molar-refractivity contribution in [3.8, 4) is 0 Å². The predicted octanol–water partition coefficient (Wildman–Crippen LogP) is 1.57. The molecule has 0 saturated carbocycles. The Labute approximate surface area is 138 Å². The van der Waals surface area contributed by atoms with E-state index in [0.717, 1.165) is 37.7 Å². The third-order valence-electron chi connectivity index (χ3n) is 3.57. The molecule has 1 saturated heterocycles. The maximum absolute atomic E-state index is 5.52. The average Bonchev–Trinajstić information content (AvgIpc) is 2.47. The van der Waals surface area contributed by atoms with Gasteiger partial charge in [0, 0.05) is 33.3 Å². The summed E-state index contributed by atoms with van der Waals surface area (Å²) < 4.78 is 5.52.